The Hall–Kier alpha value is -2.88. The molecule has 1 N–H and O–H groups in total. The largest absolute Gasteiger partial charge is 1.00 e. The van der Waals surface area contributed by atoms with Gasteiger partial charge < -0.3 is 1.43 Å². The molecule has 3 aromatic carbocycles. The second-order valence-electron chi connectivity index (χ2n) is 10.1. The zero-order valence-corrected chi connectivity index (χ0v) is 26.0. The molecule has 1 aliphatic rings. The summed E-state index contributed by atoms with van der Waals surface area (Å²) < 4.78 is 6.55. The van der Waals surface area contributed by atoms with Gasteiger partial charge in [0.15, 0.2) is 5.82 Å². The zero-order chi connectivity index (χ0) is 26.8. The van der Waals surface area contributed by atoms with E-state index in [0.29, 0.717) is 18.2 Å². The average Bonchev–Trinajstić information content (AvgIpc) is 3.73. The first-order chi connectivity index (χ1) is 19.1. The maximum Gasteiger partial charge on any atom is 1.00 e. The van der Waals surface area contributed by atoms with Crippen LogP contribution in [-0.2, 0) is 12.8 Å². The molecule has 8 heteroatoms. The molecule has 6 rings (SSSR count). The van der Waals surface area contributed by atoms with Crippen LogP contribution >= 0.6 is 0 Å². The minimum absolute atomic E-state index is 0. The van der Waals surface area contributed by atoms with E-state index in [-0.39, 0.29) is 58.4 Å². The Balaban J connectivity index is 0.00000194. The van der Waals surface area contributed by atoms with Crippen LogP contribution in [0.25, 0.3) is 28.2 Å². The van der Waals surface area contributed by atoms with Crippen LogP contribution in [0.1, 0.15) is 62.6 Å². The number of hydrogen-bond acceptors (Lipinski definition) is 5. The first-order valence-electron chi connectivity index (χ1n) is 13.6. The van der Waals surface area contributed by atoms with Gasteiger partial charge in [0.25, 0.3) is 5.56 Å². The SMILES string of the molecule is CCCCc1nc(C2CC2)n(-c2ccccc2)c(=O)c1Cc1ccc(-c2ccccc2-c2noc(=O)[nH]2)cc1.[H-].[K+]. The van der Waals surface area contributed by atoms with Gasteiger partial charge >= 0.3 is 57.1 Å². The number of aromatic amines is 1. The van der Waals surface area contributed by atoms with Crippen LogP contribution in [0.15, 0.2) is 93.0 Å². The quantitative estimate of drug-likeness (QED) is 0.281. The second-order valence-corrected chi connectivity index (χ2v) is 10.1. The van der Waals surface area contributed by atoms with Crippen molar-refractivity contribution in [2.24, 2.45) is 0 Å². The van der Waals surface area contributed by atoms with Gasteiger partial charge in [-0.3, -0.25) is 18.9 Å². The van der Waals surface area contributed by atoms with Gasteiger partial charge in [-0.25, -0.2) is 9.78 Å². The molecule has 5 aromatic rings. The topological polar surface area (TPSA) is 93.8 Å². The standard InChI is InChI=1S/C32H30N4O3.K.H/c1-2-3-13-28-27(31(37)36(24-9-5-4-6-10-24)30(33-28)23-18-19-23)20-21-14-16-22(17-15-21)25-11-7-8-12-26(25)29-34-32(38)39-35-29;;/h4-12,14-17,23H,2-3,13,18-20H2,1H3,(H,34,35,38);;/q;+1;-1. The number of nitrogens with one attached hydrogen (secondary N) is 1. The Bertz CT molecular complexity index is 1720. The van der Waals surface area contributed by atoms with E-state index in [1.807, 2.05) is 71.3 Å². The summed E-state index contributed by atoms with van der Waals surface area (Å²) in [5, 5.41) is 3.86. The normalized spacial score (nSPS) is 12.7. The molecule has 0 aliphatic heterocycles. The maximum absolute atomic E-state index is 14.1. The smallest absolute Gasteiger partial charge is 1.00 e. The van der Waals surface area contributed by atoms with E-state index >= 15 is 0 Å². The summed E-state index contributed by atoms with van der Waals surface area (Å²) in [6.45, 7) is 2.16. The fraction of sp³-hybridized carbons (Fsp3) is 0.250. The summed E-state index contributed by atoms with van der Waals surface area (Å²) in [6.07, 6.45) is 5.53. The van der Waals surface area contributed by atoms with Crippen molar-refractivity contribution >= 4 is 0 Å². The Labute approximate surface area is 276 Å². The molecule has 2 aromatic heterocycles. The molecule has 0 amide bonds. The minimum Gasteiger partial charge on any atom is -1.00 e. The van der Waals surface area contributed by atoms with Crippen LogP contribution < -0.4 is 62.7 Å². The van der Waals surface area contributed by atoms with Crippen molar-refractivity contribution in [1.82, 2.24) is 19.7 Å². The third kappa shape index (κ3) is 6.06. The summed E-state index contributed by atoms with van der Waals surface area (Å²) in [6, 6.07) is 25.8. The van der Waals surface area contributed by atoms with Crippen LogP contribution in [0.4, 0.5) is 0 Å². The zero-order valence-electron chi connectivity index (χ0n) is 23.9. The van der Waals surface area contributed by atoms with Crippen LogP contribution in [-0.4, -0.2) is 19.7 Å². The number of aromatic nitrogens is 4. The Morgan fingerprint density at radius 2 is 1.65 bits per heavy atom. The molecule has 0 radical (unpaired) electrons. The van der Waals surface area contributed by atoms with Gasteiger partial charge in [0.05, 0.1) is 11.4 Å². The van der Waals surface area contributed by atoms with Crippen LogP contribution in [0.5, 0.6) is 0 Å². The summed E-state index contributed by atoms with van der Waals surface area (Å²) in [7, 11) is 0. The monoisotopic (exact) mass is 558 g/mol. The number of H-pyrrole nitrogens is 1. The maximum atomic E-state index is 14.1. The first kappa shape index (κ1) is 28.6. The Morgan fingerprint density at radius 3 is 2.30 bits per heavy atom. The third-order valence-electron chi connectivity index (χ3n) is 7.28. The third-order valence-corrected chi connectivity index (χ3v) is 7.28. The number of unbranched alkanes of at least 4 members (excludes halogenated alkanes) is 1. The molecule has 1 saturated carbocycles. The van der Waals surface area contributed by atoms with Gasteiger partial charge in [-0.2, -0.15) is 0 Å². The molecule has 198 valence electrons. The molecule has 0 bridgehead atoms. The first-order valence-corrected chi connectivity index (χ1v) is 13.6. The number of rotatable bonds is 9. The number of para-hydroxylation sites is 1. The van der Waals surface area contributed by atoms with Crippen molar-refractivity contribution in [2.45, 2.75) is 51.4 Å². The van der Waals surface area contributed by atoms with E-state index in [4.69, 9.17) is 9.51 Å². The van der Waals surface area contributed by atoms with Crippen molar-refractivity contribution in [2.75, 3.05) is 0 Å². The fourth-order valence-electron chi connectivity index (χ4n) is 5.08. The van der Waals surface area contributed by atoms with Gasteiger partial charge in [0.2, 0.25) is 0 Å². The molecular formula is C32H31KN4O3. The number of benzene rings is 3. The van der Waals surface area contributed by atoms with Crippen molar-refractivity contribution in [3.63, 3.8) is 0 Å². The number of aryl methyl sites for hydroxylation is 1. The van der Waals surface area contributed by atoms with Gasteiger partial charge in [0, 0.05) is 23.5 Å². The van der Waals surface area contributed by atoms with Crippen LogP contribution in [0, 0.1) is 0 Å². The number of nitrogens with zero attached hydrogens (tertiary/aromatic N) is 3. The molecule has 40 heavy (non-hydrogen) atoms. The van der Waals surface area contributed by atoms with Gasteiger partial charge in [-0.15, -0.1) is 0 Å². The molecule has 1 aliphatic carbocycles. The van der Waals surface area contributed by atoms with Crippen LogP contribution in [0.3, 0.4) is 0 Å². The van der Waals surface area contributed by atoms with Crippen LogP contribution in [0.2, 0.25) is 0 Å². The molecule has 0 spiro atoms. The summed E-state index contributed by atoms with van der Waals surface area (Å²) in [5.74, 6) is 1.06. The Kier molecular flexibility index (Phi) is 9.12. The summed E-state index contributed by atoms with van der Waals surface area (Å²) in [5.41, 5.74) is 6.34. The van der Waals surface area contributed by atoms with E-state index in [9.17, 15) is 9.59 Å². The van der Waals surface area contributed by atoms with Gasteiger partial charge in [0.1, 0.15) is 5.82 Å². The van der Waals surface area contributed by atoms with E-state index < -0.39 is 5.76 Å². The van der Waals surface area contributed by atoms with Crippen molar-refractivity contribution in [3.05, 3.63) is 122 Å². The van der Waals surface area contributed by atoms with Crippen molar-refractivity contribution in [3.8, 4) is 28.2 Å². The molecule has 7 nitrogen and oxygen atoms in total. The molecule has 1 fully saturated rings. The van der Waals surface area contributed by atoms with E-state index in [0.717, 1.165) is 77.1 Å². The molecule has 0 saturated heterocycles. The Morgan fingerprint density at radius 1 is 0.950 bits per heavy atom. The average molecular weight is 559 g/mol. The van der Waals surface area contributed by atoms with E-state index in [1.54, 1.807) is 0 Å². The number of hydrogen-bond donors (Lipinski definition) is 1. The summed E-state index contributed by atoms with van der Waals surface area (Å²) in [4.78, 5) is 33.4. The van der Waals surface area contributed by atoms with Crippen molar-refractivity contribution < 1.29 is 57.3 Å². The molecule has 0 unspecified atom stereocenters. The second kappa shape index (κ2) is 12.7. The van der Waals surface area contributed by atoms with Crippen molar-refractivity contribution in [1.29, 1.82) is 0 Å². The molecular weight excluding hydrogens is 527 g/mol. The van der Waals surface area contributed by atoms with Gasteiger partial charge in [-0.05, 0) is 54.5 Å². The predicted octanol–water partition coefficient (Wildman–Crippen LogP) is 3.17. The molecule has 2 heterocycles. The fourth-order valence-corrected chi connectivity index (χ4v) is 5.08. The van der Waals surface area contributed by atoms with E-state index in [1.165, 1.54) is 0 Å². The molecule has 0 atom stereocenters. The summed E-state index contributed by atoms with van der Waals surface area (Å²) >= 11 is 0. The van der Waals surface area contributed by atoms with Gasteiger partial charge in [-0.1, -0.05) is 85.2 Å². The van der Waals surface area contributed by atoms with E-state index in [2.05, 4.69) is 29.2 Å². The minimum atomic E-state index is -0.587. The predicted molar refractivity (Wildman–Crippen MR) is 152 cm³/mol.